The molecule has 3 saturated heterocycles. The van der Waals surface area contributed by atoms with Crippen LogP contribution in [0.3, 0.4) is 0 Å². The molecular formula is C4H10Si2. The summed E-state index contributed by atoms with van der Waals surface area (Å²) in [5.74, 6) is 0. The fourth-order valence-corrected chi connectivity index (χ4v) is 16.3. The third-order valence-corrected chi connectivity index (χ3v) is 15.9. The van der Waals surface area contributed by atoms with Gasteiger partial charge in [-0.3, -0.25) is 0 Å². The van der Waals surface area contributed by atoms with E-state index in [4.69, 9.17) is 0 Å². The molecule has 0 aromatic heterocycles. The molecule has 3 heterocycles. The molecule has 34 valence electrons. The molecule has 2 heteroatoms. The first kappa shape index (κ1) is 3.44. The standard InChI is InChI=1S/C4H10Si2/c1-2-6-3-5(1)4-6/h5-6H,1-4H2. The number of rotatable bonds is 0. The van der Waals surface area contributed by atoms with Gasteiger partial charge in [-0.1, -0.05) is 23.4 Å². The summed E-state index contributed by atoms with van der Waals surface area (Å²) in [4.78, 5) is 0. The Kier molecular flexibility index (Phi) is 0.562. The van der Waals surface area contributed by atoms with E-state index < -0.39 is 0 Å². The lowest BCUT2D eigenvalue weighted by Gasteiger charge is -2.18. The first-order chi connectivity index (χ1) is 2.95. The molecule has 0 nitrogen and oxygen atoms in total. The molecule has 0 amide bonds. The SMILES string of the molecule is C1C[SiH]2C[SiH]1C2. The van der Waals surface area contributed by atoms with Crippen LogP contribution in [0.15, 0.2) is 0 Å². The van der Waals surface area contributed by atoms with Crippen LogP contribution in [0, 0.1) is 0 Å². The van der Waals surface area contributed by atoms with E-state index in [0.29, 0.717) is 0 Å². The van der Waals surface area contributed by atoms with Crippen molar-refractivity contribution in [1.82, 2.24) is 0 Å². The summed E-state index contributed by atoms with van der Waals surface area (Å²) in [5.41, 5.74) is 3.72. The van der Waals surface area contributed by atoms with Crippen molar-refractivity contribution in [3.8, 4) is 0 Å². The molecule has 3 aliphatic heterocycles. The Bertz CT molecular complexity index is 52.4. The van der Waals surface area contributed by atoms with Crippen molar-refractivity contribution in [3.63, 3.8) is 0 Å². The molecule has 0 unspecified atom stereocenters. The van der Waals surface area contributed by atoms with E-state index in [1.165, 1.54) is 0 Å². The van der Waals surface area contributed by atoms with Crippen molar-refractivity contribution in [1.29, 1.82) is 0 Å². The van der Waals surface area contributed by atoms with Crippen LogP contribution < -0.4 is 0 Å². The first-order valence-electron chi connectivity index (χ1n) is 2.95. The van der Waals surface area contributed by atoms with Gasteiger partial charge in [-0.2, -0.15) is 0 Å². The molecule has 0 aliphatic carbocycles. The number of hydrogen-bond donors (Lipinski definition) is 0. The van der Waals surface area contributed by atoms with Crippen molar-refractivity contribution in [3.05, 3.63) is 0 Å². The number of hydrogen-bond acceptors (Lipinski definition) is 0. The Morgan fingerprint density at radius 1 is 0.833 bits per heavy atom. The molecule has 2 bridgehead atoms. The van der Waals surface area contributed by atoms with Gasteiger partial charge in [0.2, 0.25) is 0 Å². The van der Waals surface area contributed by atoms with Gasteiger partial charge in [-0.25, -0.2) is 0 Å². The second-order valence-corrected chi connectivity index (χ2v) is 11.2. The Labute approximate surface area is 41.8 Å². The molecule has 3 rings (SSSR count). The minimum Gasteiger partial charge on any atom is -0.0669 e. The average Bonchev–Trinajstić information content (AvgIpc) is 1.72. The maximum atomic E-state index is 1.86. The summed E-state index contributed by atoms with van der Waals surface area (Å²) in [5, 5.41) is 0. The normalized spacial score (nSPS) is 52.0. The predicted molar refractivity (Wildman–Crippen MR) is 33.5 cm³/mol. The molecule has 0 N–H and O–H groups in total. The molecule has 0 aromatic rings. The van der Waals surface area contributed by atoms with Gasteiger partial charge in [0.25, 0.3) is 0 Å². The minimum absolute atomic E-state index is 0.156. The molecule has 3 fully saturated rings. The maximum Gasteiger partial charge on any atom is 0.0307 e. The van der Waals surface area contributed by atoms with E-state index in [1.807, 2.05) is 11.3 Å². The molecular weight excluding hydrogens is 104 g/mol. The molecule has 0 atom stereocenters. The zero-order valence-corrected chi connectivity index (χ0v) is 6.29. The molecule has 6 heavy (non-hydrogen) atoms. The van der Waals surface area contributed by atoms with Crippen molar-refractivity contribution in [2.75, 3.05) is 0 Å². The van der Waals surface area contributed by atoms with E-state index in [9.17, 15) is 0 Å². The van der Waals surface area contributed by atoms with Crippen molar-refractivity contribution >= 4 is 17.6 Å². The Hall–Kier alpha value is 0.434. The second kappa shape index (κ2) is 0.981. The van der Waals surface area contributed by atoms with E-state index in [2.05, 4.69) is 0 Å². The van der Waals surface area contributed by atoms with Gasteiger partial charge in [0, 0.05) is 17.6 Å². The summed E-state index contributed by atoms with van der Waals surface area (Å²) in [6.07, 6.45) is 0. The van der Waals surface area contributed by atoms with E-state index >= 15 is 0 Å². The zero-order chi connectivity index (χ0) is 3.98. The summed E-state index contributed by atoms with van der Waals surface area (Å²) in [7, 11) is 0.312. The van der Waals surface area contributed by atoms with E-state index in [-0.39, 0.29) is 17.6 Å². The highest BCUT2D eigenvalue weighted by atomic mass is 28.4. The fraction of sp³-hybridized carbons (Fsp3) is 1.00. The van der Waals surface area contributed by atoms with Crippen molar-refractivity contribution < 1.29 is 0 Å². The Morgan fingerprint density at radius 3 is 1.50 bits per heavy atom. The summed E-state index contributed by atoms with van der Waals surface area (Å²) in [6.45, 7) is 0. The summed E-state index contributed by atoms with van der Waals surface area (Å²) in [6, 6.07) is 3.52. The topological polar surface area (TPSA) is 0 Å². The van der Waals surface area contributed by atoms with Crippen LogP contribution >= 0.6 is 0 Å². The Balaban J connectivity index is 2.16. The lowest BCUT2D eigenvalue weighted by molar-refractivity contribution is 1.46. The van der Waals surface area contributed by atoms with Gasteiger partial charge >= 0.3 is 0 Å². The molecule has 0 spiro atoms. The molecule has 0 aromatic carbocycles. The molecule has 0 radical (unpaired) electrons. The van der Waals surface area contributed by atoms with Crippen molar-refractivity contribution in [2.24, 2.45) is 0 Å². The van der Waals surface area contributed by atoms with Gasteiger partial charge < -0.3 is 0 Å². The third-order valence-electron chi connectivity index (χ3n) is 2.32. The zero-order valence-electron chi connectivity index (χ0n) is 3.98. The van der Waals surface area contributed by atoms with Gasteiger partial charge in [-0.15, -0.1) is 0 Å². The lowest BCUT2D eigenvalue weighted by atomic mass is 11.0. The third kappa shape index (κ3) is 0.290. The molecule has 0 saturated carbocycles. The highest BCUT2D eigenvalue weighted by Crippen LogP contribution is 2.36. The quantitative estimate of drug-likeness (QED) is 0.403. The second-order valence-electron chi connectivity index (χ2n) is 2.78. The number of fused-ring (bicyclic) bond motifs is 1. The van der Waals surface area contributed by atoms with Gasteiger partial charge in [0.15, 0.2) is 0 Å². The van der Waals surface area contributed by atoms with Crippen LogP contribution in [0.1, 0.15) is 0 Å². The van der Waals surface area contributed by atoms with Crippen LogP contribution in [-0.4, -0.2) is 17.6 Å². The van der Waals surface area contributed by atoms with Crippen LogP contribution in [0.25, 0.3) is 0 Å². The van der Waals surface area contributed by atoms with Crippen LogP contribution in [-0.2, 0) is 0 Å². The maximum absolute atomic E-state index is 1.86. The average molecular weight is 114 g/mol. The summed E-state index contributed by atoms with van der Waals surface area (Å²) >= 11 is 0. The molecule has 3 aliphatic rings. The van der Waals surface area contributed by atoms with Crippen LogP contribution in [0.5, 0.6) is 0 Å². The first-order valence-corrected chi connectivity index (χ1v) is 7.85. The highest BCUT2D eigenvalue weighted by Gasteiger charge is 2.37. The van der Waals surface area contributed by atoms with Gasteiger partial charge in [0.05, 0.1) is 0 Å². The van der Waals surface area contributed by atoms with Crippen molar-refractivity contribution in [2.45, 2.75) is 23.4 Å². The minimum atomic E-state index is 0.156. The predicted octanol–water partition coefficient (Wildman–Crippen LogP) is 0.546. The largest absolute Gasteiger partial charge is 0.0669 e. The summed E-state index contributed by atoms with van der Waals surface area (Å²) < 4.78 is 0. The fourth-order valence-electron chi connectivity index (χ4n) is 1.82. The van der Waals surface area contributed by atoms with Crippen LogP contribution in [0.2, 0.25) is 23.4 Å². The Morgan fingerprint density at radius 2 is 1.33 bits per heavy atom. The van der Waals surface area contributed by atoms with E-state index in [0.717, 1.165) is 0 Å². The monoisotopic (exact) mass is 114 g/mol. The smallest absolute Gasteiger partial charge is 0.0307 e. The van der Waals surface area contributed by atoms with E-state index in [1.54, 1.807) is 12.1 Å². The highest BCUT2D eigenvalue weighted by molar-refractivity contribution is 6.99. The van der Waals surface area contributed by atoms with Gasteiger partial charge in [0.1, 0.15) is 0 Å². The van der Waals surface area contributed by atoms with Gasteiger partial charge in [-0.05, 0) is 0 Å². The lowest BCUT2D eigenvalue weighted by Crippen LogP contribution is -2.27. The van der Waals surface area contributed by atoms with Crippen LogP contribution in [0.4, 0.5) is 0 Å².